The number of hydrogen-bond acceptors (Lipinski definition) is 3. The van der Waals surface area contributed by atoms with Crippen LogP contribution in [0.2, 0.25) is 0 Å². The highest BCUT2D eigenvalue weighted by molar-refractivity contribution is 5.50. The van der Waals surface area contributed by atoms with Crippen molar-refractivity contribution >= 4 is 5.69 Å². The van der Waals surface area contributed by atoms with Crippen LogP contribution in [0.5, 0.6) is 0 Å². The third kappa shape index (κ3) is 6.75. The average molecular weight is 309 g/mol. The first kappa shape index (κ1) is 18.9. The van der Waals surface area contributed by atoms with E-state index in [9.17, 15) is 4.39 Å². The van der Waals surface area contributed by atoms with Crippen LogP contribution in [0, 0.1) is 5.82 Å². The Morgan fingerprint density at radius 2 is 1.73 bits per heavy atom. The molecule has 0 bridgehead atoms. The lowest BCUT2D eigenvalue weighted by Gasteiger charge is -2.25. The van der Waals surface area contributed by atoms with Crippen LogP contribution < -0.4 is 10.2 Å². The highest BCUT2D eigenvalue weighted by Gasteiger charge is 2.11. The molecule has 1 N–H and O–H groups in total. The lowest BCUT2D eigenvalue weighted by molar-refractivity contribution is 0.394. The molecule has 22 heavy (non-hydrogen) atoms. The summed E-state index contributed by atoms with van der Waals surface area (Å²) in [6.45, 7) is 8.95. The maximum Gasteiger partial charge on any atom is 0.146 e. The number of benzene rings is 1. The van der Waals surface area contributed by atoms with Crippen LogP contribution in [0.3, 0.4) is 0 Å². The van der Waals surface area contributed by atoms with Gasteiger partial charge in [-0.15, -0.1) is 0 Å². The monoisotopic (exact) mass is 309 g/mol. The molecule has 0 radical (unpaired) electrons. The topological polar surface area (TPSA) is 18.5 Å². The van der Waals surface area contributed by atoms with Crippen molar-refractivity contribution in [1.82, 2.24) is 10.2 Å². The predicted octanol–water partition coefficient (Wildman–Crippen LogP) is 3.49. The van der Waals surface area contributed by atoms with E-state index >= 15 is 0 Å². The Bertz CT molecular complexity index is 415. The van der Waals surface area contributed by atoms with Gasteiger partial charge in [0.05, 0.1) is 5.69 Å². The third-order valence-electron chi connectivity index (χ3n) is 3.63. The molecule has 0 amide bonds. The quantitative estimate of drug-likeness (QED) is 0.631. The molecule has 0 heterocycles. The van der Waals surface area contributed by atoms with Crippen LogP contribution in [0.15, 0.2) is 18.2 Å². The zero-order valence-corrected chi connectivity index (χ0v) is 14.7. The van der Waals surface area contributed by atoms with E-state index < -0.39 is 0 Å². The first-order valence-corrected chi connectivity index (χ1v) is 8.47. The van der Waals surface area contributed by atoms with E-state index in [1.54, 1.807) is 6.07 Å². The van der Waals surface area contributed by atoms with Crippen LogP contribution in [-0.2, 0) is 6.54 Å². The van der Waals surface area contributed by atoms with Gasteiger partial charge in [0.25, 0.3) is 0 Å². The Kier molecular flexibility index (Phi) is 9.09. The van der Waals surface area contributed by atoms with Crippen LogP contribution in [0.25, 0.3) is 0 Å². The SMILES string of the molecule is CCCN(CCC)c1cc(CNCCCN(C)C)ccc1F. The van der Waals surface area contributed by atoms with Crippen LogP contribution in [0.4, 0.5) is 10.1 Å². The van der Waals surface area contributed by atoms with Gasteiger partial charge in [-0.25, -0.2) is 4.39 Å². The van der Waals surface area contributed by atoms with E-state index in [1.807, 2.05) is 12.1 Å². The van der Waals surface area contributed by atoms with Gasteiger partial charge in [0.2, 0.25) is 0 Å². The second-order valence-corrected chi connectivity index (χ2v) is 6.11. The largest absolute Gasteiger partial charge is 0.369 e. The van der Waals surface area contributed by atoms with Gasteiger partial charge in [0.1, 0.15) is 5.82 Å². The molecule has 1 aromatic carbocycles. The fourth-order valence-corrected chi connectivity index (χ4v) is 2.56. The van der Waals surface area contributed by atoms with Crippen molar-refractivity contribution < 1.29 is 4.39 Å². The fourth-order valence-electron chi connectivity index (χ4n) is 2.56. The Labute approximate surface area is 135 Å². The van der Waals surface area contributed by atoms with Gasteiger partial charge >= 0.3 is 0 Å². The molecule has 0 aliphatic carbocycles. The van der Waals surface area contributed by atoms with Crippen molar-refractivity contribution in [3.05, 3.63) is 29.6 Å². The average Bonchev–Trinajstić information content (AvgIpc) is 2.48. The van der Waals surface area contributed by atoms with Gasteiger partial charge in [0.15, 0.2) is 0 Å². The van der Waals surface area contributed by atoms with Crippen molar-refractivity contribution in [2.75, 3.05) is 45.2 Å². The van der Waals surface area contributed by atoms with E-state index in [1.165, 1.54) is 0 Å². The molecule has 1 rings (SSSR count). The molecule has 3 nitrogen and oxygen atoms in total. The first-order chi connectivity index (χ1) is 10.6. The van der Waals surface area contributed by atoms with Gasteiger partial charge < -0.3 is 15.1 Å². The molecule has 4 heteroatoms. The Morgan fingerprint density at radius 3 is 2.32 bits per heavy atom. The smallest absolute Gasteiger partial charge is 0.146 e. The lowest BCUT2D eigenvalue weighted by Crippen LogP contribution is -2.26. The Balaban J connectivity index is 2.60. The third-order valence-corrected chi connectivity index (χ3v) is 3.63. The van der Waals surface area contributed by atoms with E-state index in [0.717, 1.165) is 63.2 Å². The number of hydrogen-bond donors (Lipinski definition) is 1. The van der Waals surface area contributed by atoms with Crippen molar-refractivity contribution in [1.29, 1.82) is 0 Å². The van der Waals surface area contributed by atoms with Crippen molar-refractivity contribution in [2.24, 2.45) is 0 Å². The summed E-state index contributed by atoms with van der Waals surface area (Å²) in [7, 11) is 4.17. The second-order valence-electron chi connectivity index (χ2n) is 6.11. The highest BCUT2D eigenvalue weighted by atomic mass is 19.1. The minimum atomic E-state index is -0.113. The van der Waals surface area contributed by atoms with Crippen molar-refractivity contribution in [3.8, 4) is 0 Å². The van der Waals surface area contributed by atoms with Crippen LogP contribution >= 0.6 is 0 Å². The fraction of sp³-hybridized carbons (Fsp3) is 0.667. The molecule has 0 saturated heterocycles. The van der Waals surface area contributed by atoms with E-state index in [4.69, 9.17) is 0 Å². The van der Waals surface area contributed by atoms with Gasteiger partial charge in [0, 0.05) is 19.6 Å². The summed E-state index contributed by atoms with van der Waals surface area (Å²) in [4.78, 5) is 4.34. The highest BCUT2D eigenvalue weighted by Crippen LogP contribution is 2.21. The molecule has 0 spiro atoms. The van der Waals surface area contributed by atoms with E-state index in [-0.39, 0.29) is 5.82 Å². The molecule has 0 aliphatic heterocycles. The summed E-state index contributed by atoms with van der Waals surface area (Å²) in [6, 6.07) is 5.48. The van der Waals surface area contributed by atoms with Crippen LogP contribution in [0.1, 0.15) is 38.7 Å². The number of nitrogens with one attached hydrogen (secondary N) is 1. The summed E-state index contributed by atoms with van der Waals surface area (Å²) in [5, 5.41) is 3.44. The number of halogens is 1. The minimum Gasteiger partial charge on any atom is -0.369 e. The van der Waals surface area contributed by atoms with E-state index in [0.29, 0.717) is 0 Å². The van der Waals surface area contributed by atoms with Crippen molar-refractivity contribution in [3.63, 3.8) is 0 Å². The van der Waals surface area contributed by atoms with Crippen LogP contribution in [-0.4, -0.2) is 45.2 Å². The van der Waals surface area contributed by atoms with Gasteiger partial charge in [-0.2, -0.15) is 0 Å². The summed E-state index contributed by atoms with van der Waals surface area (Å²) in [5.41, 5.74) is 1.90. The molecule has 0 unspecified atom stereocenters. The molecule has 1 aromatic rings. The molecule has 0 saturated carbocycles. The molecule has 126 valence electrons. The minimum absolute atomic E-state index is 0.113. The standard InChI is InChI=1S/C18H32FN3/c1-5-11-22(12-6-2)18-14-16(8-9-17(18)19)15-20-10-7-13-21(3)4/h8-9,14,20H,5-7,10-13,15H2,1-4H3. The zero-order valence-electron chi connectivity index (χ0n) is 14.7. The lowest BCUT2D eigenvalue weighted by atomic mass is 10.1. The maximum atomic E-state index is 14.1. The molecular formula is C18H32FN3. The molecular weight excluding hydrogens is 277 g/mol. The van der Waals surface area contributed by atoms with Gasteiger partial charge in [-0.3, -0.25) is 0 Å². The van der Waals surface area contributed by atoms with Crippen molar-refractivity contribution in [2.45, 2.75) is 39.7 Å². The normalized spacial score (nSPS) is 11.2. The van der Waals surface area contributed by atoms with Gasteiger partial charge in [-0.1, -0.05) is 19.9 Å². The van der Waals surface area contributed by atoms with Gasteiger partial charge in [-0.05, 0) is 64.1 Å². The summed E-state index contributed by atoms with van der Waals surface area (Å²) in [6.07, 6.45) is 3.19. The zero-order chi connectivity index (χ0) is 16.4. The summed E-state index contributed by atoms with van der Waals surface area (Å²) >= 11 is 0. The second kappa shape index (κ2) is 10.6. The first-order valence-electron chi connectivity index (χ1n) is 8.47. The predicted molar refractivity (Wildman–Crippen MR) is 94.1 cm³/mol. The Hall–Kier alpha value is -1.13. The van der Waals surface area contributed by atoms with E-state index in [2.05, 4.69) is 43.1 Å². The molecule has 0 aromatic heterocycles. The number of anilines is 1. The number of nitrogens with zero attached hydrogens (tertiary/aromatic N) is 2. The maximum absolute atomic E-state index is 14.1. The number of rotatable bonds is 11. The molecule has 0 aliphatic rings. The molecule has 0 atom stereocenters. The summed E-state index contributed by atoms with van der Waals surface area (Å²) < 4.78 is 14.1. The molecule has 0 fully saturated rings. The Morgan fingerprint density at radius 1 is 1.05 bits per heavy atom. The summed E-state index contributed by atoms with van der Waals surface area (Å²) in [5.74, 6) is -0.113.